The Kier molecular flexibility index (Phi) is 3.61. The van der Waals surface area contributed by atoms with Gasteiger partial charge in [-0.15, -0.1) is 0 Å². The Hall–Kier alpha value is -0.670. The molecule has 0 amide bonds. The van der Waals surface area contributed by atoms with E-state index in [1.54, 1.807) is 0 Å². The molecule has 3 fully saturated rings. The van der Waals surface area contributed by atoms with Crippen molar-refractivity contribution in [1.82, 2.24) is 0 Å². The predicted octanol–water partition coefficient (Wildman–Crippen LogP) is 4.65. The molecule has 0 N–H and O–H groups in total. The largest absolute Gasteiger partial charge is 0.347 e. The van der Waals surface area contributed by atoms with Gasteiger partial charge >= 0.3 is 0 Å². The fourth-order valence-corrected chi connectivity index (χ4v) is 6.91. The number of allylic oxidation sites excluding steroid dienone is 2. The highest BCUT2D eigenvalue weighted by molar-refractivity contribution is 5.86. The minimum absolute atomic E-state index is 0.0300. The van der Waals surface area contributed by atoms with E-state index in [-0.39, 0.29) is 16.2 Å². The van der Waals surface area contributed by atoms with Crippen molar-refractivity contribution in [1.29, 1.82) is 0 Å². The van der Waals surface area contributed by atoms with Crippen LogP contribution in [0.5, 0.6) is 0 Å². The van der Waals surface area contributed by atoms with Gasteiger partial charge in [-0.05, 0) is 56.8 Å². The molecule has 3 aliphatic carbocycles. The molecule has 0 bridgehead atoms. The molecule has 1 unspecified atom stereocenters. The lowest BCUT2D eigenvalue weighted by atomic mass is 9.42. The molecule has 3 heteroatoms. The number of hydrogen-bond donors (Lipinski definition) is 0. The second kappa shape index (κ2) is 5.17. The molecule has 4 aliphatic rings. The summed E-state index contributed by atoms with van der Waals surface area (Å²) in [6.07, 6.45) is 9.90. The average molecular weight is 332 g/mol. The fraction of sp³-hybridized carbons (Fsp3) is 0.857. The van der Waals surface area contributed by atoms with Crippen LogP contribution in [0.15, 0.2) is 11.6 Å². The van der Waals surface area contributed by atoms with Gasteiger partial charge in [-0.1, -0.05) is 32.4 Å². The van der Waals surface area contributed by atoms with Crippen molar-refractivity contribution in [2.75, 3.05) is 13.2 Å². The third kappa shape index (κ3) is 1.89. The number of fused-ring (bicyclic) bond motifs is 3. The fourth-order valence-electron chi connectivity index (χ4n) is 6.91. The molecule has 4 rings (SSSR count). The Morgan fingerprint density at radius 3 is 2.46 bits per heavy atom. The lowest BCUT2D eigenvalue weighted by molar-refractivity contribution is -0.284. The summed E-state index contributed by atoms with van der Waals surface area (Å²) in [5.74, 6) is 0.482. The van der Waals surface area contributed by atoms with Crippen LogP contribution in [0.4, 0.5) is 0 Å². The number of rotatable bonds is 1. The zero-order valence-corrected chi connectivity index (χ0v) is 15.7. The number of ketones is 1. The van der Waals surface area contributed by atoms with Gasteiger partial charge in [0.05, 0.1) is 18.6 Å². The second-order valence-corrected chi connectivity index (χ2v) is 9.33. The third-order valence-corrected chi connectivity index (χ3v) is 8.17. The Balaban J connectivity index is 1.79. The van der Waals surface area contributed by atoms with Crippen LogP contribution in [0.25, 0.3) is 0 Å². The SMILES string of the molecule is CC(=O)[C@]12CCCC=C1[C@@]1(C)CCC3(OCCO3)C(C)(C)C1CC2. The first kappa shape index (κ1) is 16.8. The molecule has 24 heavy (non-hydrogen) atoms. The normalized spacial score (nSPS) is 43.0. The van der Waals surface area contributed by atoms with Crippen molar-refractivity contribution >= 4 is 5.78 Å². The molecule has 1 spiro atoms. The van der Waals surface area contributed by atoms with Crippen molar-refractivity contribution in [2.45, 2.75) is 78.4 Å². The predicted molar refractivity (Wildman–Crippen MR) is 93.5 cm³/mol. The summed E-state index contributed by atoms with van der Waals surface area (Å²) in [7, 11) is 0. The van der Waals surface area contributed by atoms with Gasteiger partial charge in [0.15, 0.2) is 5.79 Å². The average Bonchev–Trinajstić information content (AvgIpc) is 3.02. The second-order valence-electron chi connectivity index (χ2n) is 9.33. The number of carbonyl (C=O) groups excluding carboxylic acids is 1. The smallest absolute Gasteiger partial charge is 0.173 e. The van der Waals surface area contributed by atoms with Gasteiger partial charge < -0.3 is 9.47 Å². The van der Waals surface area contributed by atoms with Crippen molar-refractivity contribution in [3.63, 3.8) is 0 Å². The highest BCUT2D eigenvalue weighted by atomic mass is 16.7. The Bertz CT molecular complexity index is 584. The van der Waals surface area contributed by atoms with Crippen LogP contribution in [-0.4, -0.2) is 24.8 Å². The van der Waals surface area contributed by atoms with Crippen LogP contribution in [0, 0.1) is 22.2 Å². The lowest BCUT2D eigenvalue weighted by Gasteiger charge is -2.64. The van der Waals surface area contributed by atoms with Crippen LogP contribution in [0.1, 0.15) is 72.6 Å². The molecule has 2 saturated carbocycles. The number of carbonyl (C=O) groups is 1. The standard InChI is InChI=1S/C21H32O3/c1-15(22)20-9-6-5-7-17(20)19(4)11-12-21(23-13-14-24-21)18(2,3)16(19)8-10-20/h7,16H,5-6,8-14H2,1-4H3/t16?,19-,20+/m0/s1. The minimum Gasteiger partial charge on any atom is -0.347 e. The van der Waals surface area contributed by atoms with E-state index in [4.69, 9.17) is 9.47 Å². The first-order valence-corrected chi connectivity index (χ1v) is 9.79. The zero-order chi connectivity index (χ0) is 17.2. The number of hydrogen-bond acceptors (Lipinski definition) is 3. The van der Waals surface area contributed by atoms with Crippen LogP contribution in [-0.2, 0) is 14.3 Å². The van der Waals surface area contributed by atoms with Crippen LogP contribution < -0.4 is 0 Å². The first-order valence-electron chi connectivity index (χ1n) is 9.79. The van der Waals surface area contributed by atoms with E-state index in [0.717, 1.165) is 44.9 Å². The molecular formula is C21H32O3. The van der Waals surface area contributed by atoms with Crippen LogP contribution >= 0.6 is 0 Å². The molecule has 1 aliphatic heterocycles. The molecule has 3 atom stereocenters. The van der Waals surface area contributed by atoms with Gasteiger partial charge in [-0.25, -0.2) is 0 Å². The molecule has 0 aromatic heterocycles. The molecular weight excluding hydrogens is 300 g/mol. The summed E-state index contributed by atoms with van der Waals surface area (Å²) >= 11 is 0. The van der Waals surface area contributed by atoms with Crippen molar-refractivity contribution in [2.24, 2.45) is 22.2 Å². The maximum atomic E-state index is 12.7. The monoisotopic (exact) mass is 332 g/mol. The lowest BCUT2D eigenvalue weighted by Crippen LogP contribution is -2.62. The molecule has 3 nitrogen and oxygen atoms in total. The summed E-state index contributed by atoms with van der Waals surface area (Å²) < 4.78 is 12.4. The Morgan fingerprint density at radius 2 is 1.79 bits per heavy atom. The maximum Gasteiger partial charge on any atom is 0.173 e. The van der Waals surface area contributed by atoms with Crippen molar-refractivity contribution < 1.29 is 14.3 Å². The molecule has 0 aromatic rings. The number of Topliss-reactive ketones (excluding diaryl/α,β-unsaturated/α-hetero) is 1. The van der Waals surface area contributed by atoms with E-state index in [1.807, 2.05) is 6.92 Å². The van der Waals surface area contributed by atoms with Gasteiger partial charge in [0.25, 0.3) is 0 Å². The summed E-state index contributed by atoms with van der Waals surface area (Å²) in [6, 6.07) is 0. The van der Waals surface area contributed by atoms with Gasteiger partial charge in [0, 0.05) is 11.8 Å². The Morgan fingerprint density at radius 1 is 1.08 bits per heavy atom. The summed E-state index contributed by atoms with van der Waals surface area (Å²) in [4.78, 5) is 12.7. The van der Waals surface area contributed by atoms with Gasteiger partial charge in [-0.3, -0.25) is 4.79 Å². The molecule has 1 heterocycles. The van der Waals surface area contributed by atoms with Crippen molar-refractivity contribution in [3.8, 4) is 0 Å². The quantitative estimate of drug-likeness (QED) is 0.656. The Labute approximate surface area is 146 Å². The van der Waals surface area contributed by atoms with E-state index in [1.165, 1.54) is 5.57 Å². The van der Waals surface area contributed by atoms with Crippen molar-refractivity contribution in [3.05, 3.63) is 11.6 Å². The first-order chi connectivity index (χ1) is 11.3. The minimum atomic E-state index is -0.414. The summed E-state index contributed by atoms with van der Waals surface area (Å²) in [5.41, 5.74) is 1.36. The van der Waals surface area contributed by atoms with Gasteiger partial charge in [0.2, 0.25) is 0 Å². The zero-order valence-electron chi connectivity index (χ0n) is 15.7. The van der Waals surface area contributed by atoms with E-state index in [0.29, 0.717) is 24.9 Å². The highest BCUT2D eigenvalue weighted by Gasteiger charge is 2.66. The molecule has 0 radical (unpaired) electrons. The van der Waals surface area contributed by atoms with E-state index >= 15 is 0 Å². The van der Waals surface area contributed by atoms with Crippen LogP contribution in [0.2, 0.25) is 0 Å². The molecule has 0 aromatic carbocycles. The van der Waals surface area contributed by atoms with Gasteiger partial charge in [0.1, 0.15) is 5.78 Å². The van der Waals surface area contributed by atoms with Crippen LogP contribution in [0.3, 0.4) is 0 Å². The summed E-state index contributed by atoms with van der Waals surface area (Å²) in [5, 5.41) is 0. The topological polar surface area (TPSA) is 35.5 Å². The molecule has 1 saturated heterocycles. The number of ether oxygens (including phenoxy) is 2. The van der Waals surface area contributed by atoms with Gasteiger partial charge in [-0.2, -0.15) is 0 Å². The van der Waals surface area contributed by atoms with E-state index in [2.05, 4.69) is 26.8 Å². The molecule has 134 valence electrons. The van der Waals surface area contributed by atoms with E-state index < -0.39 is 5.79 Å². The highest BCUT2D eigenvalue weighted by Crippen LogP contribution is 2.69. The maximum absolute atomic E-state index is 12.7. The third-order valence-electron chi connectivity index (χ3n) is 8.17. The summed E-state index contributed by atoms with van der Waals surface area (Å²) in [6.45, 7) is 10.4. The van der Waals surface area contributed by atoms with E-state index in [9.17, 15) is 4.79 Å².